The van der Waals surface area contributed by atoms with E-state index in [1.165, 1.54) is 87.8 Å². The molecule has 0 saturated heterocycles. The first-order valence-corrected chi connectivity index (χ1v) is 16.7. The Morgan fingerprint density at radius 3 is 1.69 bits per heavy atom. The summed E-state index contributed by atoms with van der Waals surface area (Å²) in [7, 11) is 0. The molecule has 0 amide bonds. The average molecular weight is 608 g/mol. The van der Waals surface area contributed by atoms with Crippen molar-refractivity contribution in [1.82, 2.24) is 9.13 Å². The molecule has 48 heavy (non-hydrogen) atoms. The first-order valence-electron chi connectivity index (χ1n) is 16.7. The minimum atomic E-state index is 0.120. The molecule has 4 aliphatic rings. The Morgan fingerprint density at radius 1 is 0.375 bits per heavy atom. The van der Waals surface area contributed by atoms with E-state index in [4.69, 9.17) is 9.47 Å². The molecule has 0 bridgehead atoms. The van der Waals surface area contributed by atoms with Crippen LogP contribution in [-0.2, 0) is 0 Å². The van der Waals surface area contributed by atoms with E-state index in [9.17, 15) is 0 Å². The van der Waals surface area contributed by atoms with Gasteiger partial charge in [-0.05, 0) is 87.4 Å². The second kappa shape index (κ2) is 8.04. The number of hydrogen-bond donors (Lipinski definition) is 0. The van der Waals surface area contributed by atoms with Crippen molar-refractivity contribution in [2.45, 2.75) is 0 Å². The lowest BCUT2D eigenvalue weighted by Crippen LogP contribution is -2.58. The maximum Gasteiger partial charge on any atom is 0.256 e. The molecule has 0 radical (unpaired) electrons. The van der Waals surface area contributed by atoms with Gasteiger partial charge in [-0.1, -0.05) is 78.9 Å². The number of aromatic nitrogens is 2. The number of rotatable bonds is 0. The first-order chi connectivity index (χ1) is 23.8. The summed E-state index contributed by atoms with van der Waals surface area (Å²) in [6, 6.07) is 48.7. The lowest BCUT2D eigenvalue weighted by atomic mass is 9.34. The number of fused-ring (bicyclic) bond motifs is 15. The van der Waals surface area contributed by atoms with Gasteiger partial charge in [0.15, 0.2) is 0 Å². The van der Waals surface area contributed by atoms with Gasteiger partial charge in [0.05, 0.1) is 16.6 Å². The van der Waals surface area contributed by atoms with Crippen molar-refractivity contribution >= 4 is 89.8 Å². The molecule has 0 N–H and O–H groups in total. The van der Waals surface area contributed by atoms with Gasteiger partial charge in [0.1, 0.15) is 23.0 Å². The smallest absolute Gasteiger partial charge is 0.256 e. The lowest BCUT2D eigenvalue weighted by molar-refractivity contribution is 0.487. The largest absolute Gasteiger partial charge is 0.458 e. The number of benzene rings is 7. The molecule has 0 spiro atoms. The van der Waals surface area contributed by atoms with Crippen LogP contribution in [0.1, 0.15) is 0 Å². The maximum atomic E-state index is 6.61. The van der Waals surface area contributed by atoms with Gasteiger partial charge in [0.25, 0.3) is 13.4 Å². The van der Waals surface area contributed by atoms with Crippen LogP contribution in [0.3, 0.4) is 0 Å². The van der Waals surface area contributed by atoms with Crippen LogP contribution in [-0.4, -0.2) is 22.6 Å². The fraction of sp³-hybridized carbons (Fsp3) is 0. The van der Waals surface area contributed by atoms with Gasteiger partial charge in [-0.25, -0.2) is 0 Å². The predicted octanol–water partition coefficient (Wildman–Crippen LogP) is 5.75. The molecule has 6 heteroatoms. The zero-order chi connectivity index (χ0) is 30.8. The summed E-state index contributed by atoms with van der Waals surface area (Å²) in [6.07, 6.45) is 0. The van der Waals surface area contributed by atoms with E-state index in [-0.39, 0.29) is 13.4 Å². The maximum absolute atomic E-state index is 6.61. The highest BCUT2D eigenvalue weighted by atomic mass is 16.5. The van der Waals surface area contributed by atoms with Crippen LogP contribution in [0.25, 0.3) is 55.0 Å². The first kappa shape index (κ1) is 24.1. The van der Waals surface area contributed by atoms with Gasteiger partial charge in [-0.2, -0.15) is 0 Å². The lowest BCUT2D eigenvalue weighted by Gasteiger charge is -2.33. The summed E-state index contributed by atoms with van der Waals surface area (Å²) in [5.41, 5.74) is 15.0. The topological polar surface area (TPSA) is 28.3 Å². The zero-order valence-electron chi connectivity index (χ0n) is 25.6. The SMILES string of the molecule is c1ccc2c(c1)Oc1cccc3c1B2c1cccc2c4cc5c(cc4n-3c12)c1ccc2c3c1n5-c1ccccc1B3c1ccccc1O2. The quantitative estimate of drug-likeness (QED) is 0.205. The van der Waals surface area contributed by atoms with Gasteiger partial charge < -0.3 is 18.6 Å². The number of para-hydroxylation sites is 4. The third-order valence-corrected chi connectivity index (χ3v) is 11.4. The Balaban J connectivity index is 1.20. The standard InChI is InChI=1S/C42H22B2N2O2/c1-4-14-31-27(10-1)43-28-11-2-5-16-35(28)48-38-20-19-24-26-22-34-25(21-33(26)45(31)42(24)40(38)43)23-9-7-13-30-41(23)46(34)32-15-8-18-37-39(32)44(30)29-12-3-6-17-36(29)47-37/h1-22H. The van der Waals surface area contributed by atoms with E-state index in [0.717, 1.165) is 23.0 Å². The number of nitrogens with zero attached hydrogens (tertiary/aromatic N) is 2. The van der Waals surface area contributed by atoms with Crippen molar-refractivity contribution in [3.8, 4) is 34.4 Å². The van der Waals surface area contributed by atoms with E-state index >= 15 is 0 Å². The van der Waals surface area contributed by atoms with Gasteiger partial charge in [-0.3, -0.25) is 0 Å². The van der Waals surface area contributed by atoms with E-state index in [1.807, 2.05) is 0 Å². The highest BCUT2D eigenvalue weighted by molar-refractivity contribution is 7.00. The fourth-order valence-electron chi connectivity index (χ4n) is 9.66. The molecule has 0 saturated carbocycles. The minimum Gasteiger partial charge on any atom is -0.458 e. The summed E-state index contributed by atoms with van der Waals surface area (Å²) in [5.74, 6) is 3.78. The number of ether oxygens (including phenoxy) is 2. The van der Waals surface area contributed by atoms with E-state index < -0.39 is 0 Å². The van der Waals surface area contributed by atoms with Crippen molar-refractivity contribution in [2.24, 2.45) is 0 Å². The monoisotopic (exact) mass is 608 g/mol. The molecule has 0 atom stereocenters. The van der Waals surface area contributed by atoms with Gasteiger partial charge in [-0.15, -0.1) is 0 Å². The van der Waals surface area contributed by atoms with Crippen molar-refractivity contribution in [2.75, 3.05) is 0 Å². The third-order valence-electron chi connectivity index (χ3n) is 11.4. The molecule has 0 unspecified atom stereocenters. The molecule has 218 valence electrons. The zero-order valence-corrected chi connectivity index (χ0v) is 25.6. The predicted molar refractivity (Wildman–Crippen MR) is 197 cm³/mol. The molecule has 6 heterocycles. The third kappa shape index (κ3) is 2.61. The molecule has 2 aromatic heterocycles. The van der Waals surface area contributed by atoms with Crippen molar-refractivity contribution < 1.29 is 9.47 Å². The Labute approximate surface area is 275 Å². The van der Waals surface area contributed by atoms with Gasteiger partial charge >= 0.3 is 0 Å². The molecular weight excluding hydrogens is 586 g/mol. The molecule has 4 nitrogen and oxygen atoms in total. The van der Waals surface area contributed by atoms with E-state index in [1.54, 1.807) is 0 Å². The highest BCUT2D eigenvalue weighted by Crippen LogP contribution is 2.43. The molecule has 0 fully saturated rings. The molecule has 13 rings (SSSR count). The molecule has 0 aliphatic carbocycles. The molecule has 7 aromatic carbocycles. The molecule has 9 aromatic rings. The normalized spacial score (nSPS) is 14.1. The summed E-state index contributed by atoms with van der Waals surface area (Å²) in [4.78, 5) is 0. The Hall–Kier alpha value is -6.13. The summed E-state index contributed by atoms with van der Waals surface area (Å²) < 4.78 is 18.2. The summed E-state index contributed by atoms with van der Waals surface area (Å²) in [5, 5.41) is 5.05. The second-order valence-electron chi connectivity index (χ2n) is 13.6. The van der Waals surface area contributed by atoms with Crippen LogP contribution >= 0.6 is 0 Å². The van der Waals surface area contributed by atoms with Crippen molar-refractivity contribution in [3.05, 3.63) is 133 Å². The average Bonchev–Trinajstić information content (AvgIpc) is 3.64. The van der Waals surface area contributed by atoms with Crippen LogP contribution in [0.2, 0.25) is 0 Å². The summed E-state index contributed by atoms with van der Waals surface area (Å²) >= 11 is 0. The van der Waals surface area contributed by atoms with E-state index in [0.29, 0.717) is 0 Å². The number of hydrogen-bond acceptors (Lipinski definition) is 2. The van der Waals surface area contributed by atoms with E-state index in [2.05, 4.69) is 143 Å². The van der Waals surface area contributed by atoms with Crippen LogP contribution < -0.4 is 42.3 Å². The molecule has 4 aliphatic heterocycles. The summed E-state index contributed by atoms with van der Waals surface area (Å²) in [6.45, 7) is 0.240. The van der Waals surface area contributed by atoms with Crippen molar-refractivity contribution in [3.63, 3.8) is 0 Å². The second-order valence-corrected chi connectivity index (χ2v) is 13.6. The van der Waals surface area contributed by atoms with Crippen LogP contribution in [0.15, 0.2) is 133 Å². The van der Waals surface area contributed by atoms with Crippen LogP contribution in [0.4, 0.5) is 0 Å². The van der Waals surface area contributed by atoms with Crippen molar-refractivity contribution in [1.29, 1.82) is 0 Å². The Bertz CT molecular complexity index is 2990. The highest BCUT2D eigenvalue weighted by Gasteiger charge is 2.42. The van der Waals surface area contributed by atoms with Crippen LogP contribution in [0.5, 0.6) is 23.0 Å². The molecular formula is C42H22B2N2O2. The van der Waals surface area contributed by atoms with Gasteiger partial charge in [0, 0.05) is 38.4 Å². The van der Waals surface area contributed by atoms with Crippen LogP contribution in [0, 0.1) is 0 Å². The minimum absolute atomic E-state index is 0.120. The Morgan fingerprint density at radius 2 is 0.917 bits per heavy atom. The Kier molecular flexibility index (Phi) is 4.04. The fourth-order valence-corrected chi connectivity index (χ4v) is 9.66. The van der Waals surface area contributed by atoms with Gasteiger partial charge in [0.2, 0.25) is 0 Å².